The number of piperidine rings is 1. The first-order valence-corrected chi connectivity index (χ1v) is 8.07. The predicted octanol–water partition coefficient (Wildman–Crippen LogP) is 3.61. The van der Waals surface area contributed by atoms with Crippen LogP contribution in [0.25, 0.3) is 10.9 Å². The van der Waals surface area contributed by atoms with E-state index in [1.54, 1.807) is 0 Å². The van der Waals surface area contributed by atoms with Crippen molar-refractivity contribution in [2.24, 2.45) is 0 Å². The monoisotopic (exact) mass is 281 g/mol. The highest BCUT2D eigenvalue weighted by Crippen LogP contribution is 2.23. The van der Waals surface area contributed by atoms with Crippen LogP contribution < -0.4 is 5.32 Å². The zero-order chi connectivity index (χ0) is 14.7. The summed E-state index contributed by atoms with van der Waals surface area (Å²) < 4.78 is 2.36. The van der Waals surface area contributed by atoms with Gasteiger partial charge in [-0.25, -0.2) is 0 Å². The minimum atomic E-state index is 0.678. The quantitative estimate of drug-likeness (QED) is 0.930. The number of benzene rings is 1. The van der Waals surface area contributed by atoms with Gasteiger partial charge in [-0.15, -0.1) is 0 Å². The maximum atomic E-state index is 9.07. The molecule has 0 bridgehead atoms. The van der Waals surface area contributed by atoms with Gasteiger partial charge >= 0.3 is 0 Å². The lowest BCUT2D eigenvalue weighted by Crippen LogP contribution is -2.34. The first-order chi connectivity index (χ1) is 10.3. The molecule has 0 aliphatic carbocycles. The number of nitriles is 1. The number of hydrogen-bond acceptors (Lipinski definition) is 2. The fourth-order valence-corrected chi connectivity index (χ4v) is 3.45. The van der Waals surface area contributed by atoms with Crippen LogP contribution >= 0.6 is 0 Å². The van der Waals surface area contributed by atoms with E-state index in [9.17, 15) is 0 Å². The first kappa shape index (κ1) is 14.2. The Labute approximate surface area is 126 Å². The summed E-state index contributed by atoms with van der Waals surface area (Å²) in [5, 5.41) is 14.0. The third-order valence-corrected chi connectivity index (χ3v) is 4.60. The van der Waals surface area contributed by atoms with Crippen LogP contribution in [-0.2, 0) is 13.0 Å². The van der Waals surface area contributed by atoms with Crippen molar-refractivity contribution in [3.63, 3.8) is 0 Å². The van der Waals surface area contributed by atoms with Crippen molar-refractivity contribution in [1.29, 1.82) is 5.26 Å². The van der Waals surface area contributed by atoms with Crippen LogP contribution in [0.5, 0.6) is 0 Å². The summed E-state index contributed by atoms with van der Waals surface area (Å²) >= 11 is 0. The van der Waals surface area contributed by atoms with E-state index >= 15 is 0 Å². The molecule has 0 radical (unpaired) electrons. The summed E-state index contributed by atoms with van der Waals surface area (Å²) in [4.78, 5) is 0. The molecule has 1 atom stereocenters. The lowest BCUT2D eigenvalue weighted by atomic mass is 10.00. The van der Waals surface area contributed by atoms with E-state index in [2.05, 4.69) is 35.0 Å². The van der Waals surface area contributed by atoms with E-state index in [4.69, 9.17) is 5.26 Å². The molecule has 2 aromatic rings. The van der Waals surface area contributed by atoms with Crippen molar-refractivity contribution >= 4 is 10.9 Å². The second-order valence-electron chi connectivity index (χ2n) is 5.95. The van der Waals surface area contributed by atoms with Gasteiger partial charge in [0.2, 0.25) is 0 Å². The Morgan fingerprint density at radius 3 is 2.95 bits per heavy atom. The largest absolute Gasteiger partial charge is 0.345 e. The van der Waals surface area contributed by atoms with Gasteiger partial charge in [-0.05, 0) is 62.7 Å². The smallest absolute Gasteiger partial charge is 0.0992 e. The highest BCUT2D eigenvalue weighted by molar-refractivity contribution is 5.82. The molecule has 1 aliphatic rings. The van der Waals surface area contributed by atoms with Crippen LogP contribution in [0.3, 0.4) is 0 Å². The zero-order valence-corrected chi connectivity index (χ0v) is 12.7. The van der Waals surface area contributed by atoms with Crippen molar-refractivity contribution in [2.45, 2.75) is 51.6 Å². The maximum Gasteiger partial charge on any atom is 0.0992 e. The highest BCUT2D eigenvalue weighted by Gasteiger charge is 2.14. The summed E-state index contributed by atoms with van der Waals surface area (Å²) in [5.74, 6) is 0. The molecule has 3 nitrogen and oxygen atoms in total. The lowest BCUT2D eigenvalue weighted by Gasteiger charge is -2.23. The molecular weight excluding hydrogens is 258 g/mol. The van der Waals surface area contributed by atoms with Crippen LogP contribution in [0.4, 0.5) is 0 Å². The highest BCUT2D eigenvalue weighted by atomic mass is 15.0. The fraction of sp³-hybridized carbons (Fsp3) is 0.500. The maximum absolute atomic E-state index is 9.07. The van der Waals surface area contributed by atoms with Crippen molar-refractivity contribution < 1.29 is 0 Å². The van der Waals surface area contributed by atoms with Gasteiger partial charge in [-0.3, -0.25) is 0 Å². The molecule has 1 unspecified atom stereocenters. The zero-order valence-electron chi connectivity index (χ0n) is 12.7. The number of rotatable bonds is 4. The van der Waals surface area contributed by atoms with E-state index < -0.39 is 0 Å². The fourth-order valence-electron chi connectivity index (χ4n) is 3.45. The Morgan fingerprint density at radius 2 is 2.24 bits per heavy atom. The van der Waals surface area contributed by atoms with Crippen LogP contribution in [-0.4, -0.2) is 17.2 Å². The summed E-state index contributed by atoms with van der Waals surface area (Å²) in [7, 11) is 0. The Hall–Kier alpha value is -1.79. The molecule has 0 amide bonds. The number of nitrogens with one attached hydrogen (secondary N) is 1. The SMILES string of the molecule is CCn1c(CCC2CCCCN2)cc2ccc(C#N)cc21. The molecule has 3 rings (SSSR count). The Kier molecular flexibility index (Phi) is 4.26. The Balaban J connectivity index is 1.82. The van der Waals surface area contributed by atoms with Gasteiger partial charge in [-0.1, -0.05) is 12.5 Å². The third-order valence-electron chi connectivity index (χ3n) is 4.60. The van der Waals surface area contributed by atoms with Gasteiger partial charge in [0.25, 0.3) is 0 Å². The van der Waals surface area contributed by atoms with Gasteiger partial charge < -0.3 is 9.88 Å². The van der Waals surface area contributed by atoms with Gasteiger partial charge in [0.1, 0.15) is 0 Å². The predicted molar refractivity (Wildman–Crippen MR) is 86.3 cm³/mol. The molecule has 0 saturated carbocycles. The molecule has 21 heavy (non-hydrogen) atoms. The van der Waals surface area contributed by atoms with Crippen LogP contribution in [0.2, 0.25) is 0 Å². The second kappa shape index (κ2) is 6.32. The molecule has 1 saturated heterocycles. The molecule has 0 spiro atoms. The minimum absolute atomic E-state index is 0.678. The summed E-state index contributed by atoms with van der Waals surface area (Å²) in [6, 6.07) is 11.2. The van der Waals surface area contributed by atoms with Crippen molar-refractivity contribution in [3.8, 4) is 6.07 Å². The average Bonchev–Trinajstić information content (AvgIpc) is 2.90. The normalized spacial score (nSPS) is 18.8. The van der Waals surface area contributed by atoms with E-state index in [0.29, 0.717) is 6.04 Å². The van der Waals surface area contributed by atoms with Gasteiger partial charge in [0.15, 0.2) is 0 Å². The van der Waals surface area contributed by atoms with E-state index in [-0.39, 0.29) is 0 Å². The topological polar surface area (TPSA) is 40.8 Å². The molecule has 1 N–H and O–H groups in total. The van der Waals surface area contributed by atoms with Crippen molar-refractivity contribution in [2.75, 3.05) is 6.54 Å². The molecule has 3 heteroatoms. The second-order valence-corrected chi connectivity index (χ2v) is 5.95. The van der Waals surface area contributed by atoms with Gasteiger partial charge in [-0.2, -0.15) is 5.26 Å². The van der Waals surface area contributed by atoms with Gasteiger partial charge in [0.05, 0.1) is 11.6 Å². The van der Waals surface area contributed by atoms with E-state index in [1.165, 1.54) is 48.8 Å². The Bertz CT molecular complexity index is 657. The number of aromatic nitrogens is 1. The summed E-state index contributed by atoms with van der Waals surface area (Å²) in [6.45, 7) is 4.32. The number of hydrogen-bond donors (Lipinski definition) is 1. The number of aryl methyl sites for hydroxylation is 2. The third kappa shape index (κ3) is 2.96. The van der Waals surface area contributed by atoms with Crippen molar-refractivity contribution in [3.05, 3.63) is 35.5 Å². The molecule has 1 aromatic carbocycles. The van der Waals surface area contributed by atoms with E-state index in [0.717, 1.165) is 18.5 Å². The molecular formula is C18H23N3. The van der Waals surface area contributed by atoms with Crippen molar-refractivity contribution in [1.82, 2.24) is 9.88 Å². The van der Waals surface area contributed by atoms with Crippen LogP contribution in [0, 0.1) is 11.3 Å². The minimum Gasteiger partial charge on any atom is -0.345 e. The standard InChI is InChI=1S/C18H23N3/c1-2-21-17(9-8-16-5-3-4-10-20-16)12-15-7-6-14(13-19)11-18(15)21/h6-7,11-12,16,20H,2-5,8-10H2,1H3. The summed E-state index contributed by atoms with van der Waals surface area (Å²) in [6.07, 6.45) is 6.32. The molecule has 1 aliphatic heterocycles. The first-order valence-electron chi connectivity index (χ1n) is 8.07. The molecule has 1 fully saturated rings. The number of fused-ring (bicyclic) bond motifs is 1. The average molecular weight is 281 g/mol. The van der Waals surface area contributed by atoms with Crippen LogP contribution in [0.1, 0.15) is 43.9 Å². The summed E-state index contributed by atoms with van der Waals surface area (Å²) in [5.41, 5.74) is 3.34. The van der Waals surface area contributed by atoms with Gasteiger partial charge in [0, 0.05) is 23.8 Å². The Morgan fingerprint density at radius 1 is 1.33 bits per heavy atom. The molecule has 110 valence electrons. The lowest BCUT2D eigenvalue weighted by molar-refractivity contribution is 0.380. The van der Waals surface area contributed by atoms with E-state index in [1.807, 2.05) is 12.1 Å². The molecule has 2 heterocycles. The molecule has 1 aromatic heterocycles. The van der Waals surface area contributed by atoms with Crippen LogP contribution in [0.15, 0.2) is 24.3 Å². The number of nitrogens with zero attached hydrogens (tertiary/aromatic N) is 2.